The lowest BCUT2D eigenvalue weighted by atomic mass is 9.45. The van der Waals surface area contributed by atoms with Crippen molar-refractivity contribution in [1.29, 1.82) is 0 Å². The van der Waals surface area contributed by atoms with Crippen molar-refractivity contribution in [3.05, 3.63) is 23.0 Å². The minimum absolute atomic E-state index is 0.0690. The fourth-order valence-corrected chi connectivity index (χ4v) is 8.42. The van der Waals surface area contributed by atoms with E-state index >= 15 is 0 Å². The fourth-order valence-electron chi connectivity index (χ4n) is 8.42. The number of aryl methyl sites for hydroxylation is 1. The highest BCUT2D eigenvalue weighted by molar-refractivity contribution is 5.57. The maximum atomic E-state index is 11.5. The Morgan fingerprint density at radius 3 is 2.69 bits per heavy atom. The molecule has 160 valence electrons. The van der Waals surface area contributed by atoms with Gasteiger partial charge >= 0.3 is 0 Å². The van der Waals surface area contributed by atoms with Crippen molar-refractivity contribution < 1.29 is 5.11 Å². The van der Waals surface area contributed by atoms with Gasteiger partial charge in [-0.1, -0.05) is 26.7 Å². The van der Waals surface area contributed by atoms with Gasteiger partial charge in [0.1, 0.15) is 0 Å². The van der Waals surface area contributed by atoms with Crippen molar-refractivity contribution in [2.24, 2.45) is 34.5 Å². The molecule has 3 heteroatoms. The summed E-state index contributed by atoms with van der Waals surface area (Å²) >= 11 is 0. The van der Waals surface area contributed by atoms with E-state index < -0.39 is 0 Å². The Kier molecular flexibility index (Phi) is 4.77. The number of fused-ring (bicyclic) bond motifs is 5. The molecule has 0 radical (unpaired) electrons. The average molecular weight is 397 g/mol. The summed E-state index contributed by atoms with van der Waals surface area (Å²) in [5, 5.41) is 16.0. The molecule has 0 amide bonds. The van der Waals surface area contributed by atoms with Gasteiger partial charge < -0.3 is 5.11 Å². The molecule has 4 aliphatic rings. The molecule has 7 atom stereocenters. The standard InChI is InChI=1S/C26H40N2O/c1-5-28-17(2)19(16-27-28)14-18-15-23-21-10-9-20-8-6-7-12-25(20,3)22(21)11-13-26(23,4)24(18)29/h14,16,20-24,29H,5-13,15H2,1-4H3/b18-14-/t20-,21-,22+,23+,24-,25+,26+/m1/s1. The first-order valence-corrected chi connectivity index (χ1v) is 12.3. The topological polar surface area (TPSA) is 38.0 Å². The molecule has 5 rings (SSSR count). The summed E-state index contributed by atoms with van der Waals surface area (Å²) in [6.45, 7) is 10.2. The largest absolute Gasteiger partial charge is 0.388 e. The van der Waals surface area contributed by atoms with E-state index in [4.69, 9.17) is 0 Å². The highest BCUT2D eigenvalue weighted by Crippen LogP contribution is 2.67. The predicted octanol–water partition coefficient (Wildman–Crippen LogP) is 6.00. The Morgan fingerprint density at radius 1 is 1.10 bits per heavy atom. The van der Waals surface area contributed by atoms with Crippen molar-refractivity contribution in [2.45, 2.75) is 98.1 Å². The highest BCUT2D eigenvalue weighted by Gasteiger charge is 2.60. The van der Waals surface area contributed by atoms with Crippen LogP contribution in [0.4, 0.5) is 0 Å². The Bertz CT molecular complexity index is 810. The predicted molar refractivity (Wildman–Crippen MR) is 118 cm³/mol. The third-order valence-electron chi connectivity index (χ3n) is 10.2. The van der Waals surface area contributed by atoms with Crippen molar-refractivity contribution in [1.82, 2.24) is 9.78 Å². The number of hydrogen-bond acceptors (Lipinski definition) is 2. The van der Waals surface area contributed by atoms with Crippen molar-refractivity contribution >= 4 is 6.08 Å². The molecular weight excluding hydrogens is 356 g/mol. The smallest absolute Gasteiger partial charge is 0.0809 e. The molecule has 0 unspecified atom stereocenters. The van der Waals surface area contributed by atoms with Crippen LogP contribution in [-0.2, 0) is 6.54 Å². The van der Waals surface area contributed by atoms with Crippen LogP contribution in [0.3, 0.4) is 0 Å². The maximum absolute atomic E-state index is 11.5. The third kappa shape index (κ3) is 2.82. The first-order valence-electron chi connectivity index (χ1n) is 12.3. The van der Waals surface area contributed by atoms with Gasteiger partial charge in [-0.3, -0.25) is 4.68 Å². The van der Waals surface area contributed by atoms with Gasteiger partial charge in [-0.15, -0.1) is 0 Å². The molecule has 1 heterocycles. The van der Waals surface area contributed by atoms with Gasteiger partial charge in [-0.25, -0.2) is 0 Å². The van der Waals surface area contributed by atoms with E-state index in [1.807, 2.05) is 6.20 Å². The molecule has 1 aromatic heterocycles. The van der Waals surface area contributed by atoms with E-state index in [2.05, 4.69) is 43.6 Å². The second-order valence-corrected chi connectivity index (χ2v) is 11.3. The molecule has 4 saturated carbocycles. The zero-order valence-corrected chi connectivity index (χ0v) is 19.0. The van der Waals surface area contributed by atoms with Gasteiger partial charge in [-0.2, -0.15) is 5.10 Å². The molecule has 0 bridgehead atoms. The lowest BCUT2D eigenvalue weighted by molar-refractivity contribution is -0.119. The number of rotatable bonds is 2. The van der Waals surface area contributed by atoms with Crippen LogP contribution < -0.4 is 0 Å². The van der Waals surface area contributed by atoms with Crippen LogP contribution >= 0.6 is 0 Å². The molecule has 4 fully saturated rings. The number of hydrogen-bond donors (Lipinski definition) is 1. The van der Waals surface area contributed by atoms with Crippen molar-refractivity contribution in [3.63, 3.8) is 0 Å². The number of aliphatic hydroxyl groups is 1. The number of aliphatic hydroxyl groups excluding tert-OH is 1. The second kappa shape index (κ2) is 6.97. The quantitative estimate of drug-likeness (QED) is 0.666. The van der Waals surface area contributed by atoms with Gasteiger partial charge in [0.15, 0.2) is 0 Å². The van der Waals surface area contributed by atoms with Crippen molar-refractivity contribution in [2.75, 3.05) is 0 Å². The molecule has 0 aromatic carbocycles. The minimum Gasteiger partial charge on any atom is -0.388 e. The molecule has 1 N–H and O–H groups in total. The van der Waals surface area contributed by atoms with E-state index in [9.17, 15) is 5.11 Å². The SMILES string of the molecule is CCn1ncc(/C=C2/C[C@H]3[C@@H]4CC[C@H]5CCCC[C@]5(C)[C@H]4CC[C@]3(C)[C@@H]2O)c1C. The van der Waals surface area contributed by atoms with Crippen LogP contribution in [0.1, 0.15) is 89.8 Å². The Labute approximate surface area is 177 Å². The lowest BCUT2D eigenvalue weighted by Gasteiger charge is -2.60. The van der Waals surface area contributed by atoms with Gasteiger partial charge in [0.25, 0.3) is 0 Å². The molecular formula is C26H40N2O. The molecule has 0 aliphatic heterocycles. The van der Waals surface area contributed by atoms with Gasteiger partial charge in [0.05, 0.1) is 12.3 Å². The molecule has 29 heavy (non-hydrogen) atoms. The van der Waals surface area contributed by atoms with E-state index in [0.717, 1.165) is 30.7 Å². The molecule has 0 spiro atoms. The summed E-state index contributed by atoms with van der Waals surface area (Å²) in [6, 6.07) is 0. The van der Waals surface area contributed by atoms with Crippen LogP contribution in [0.2, 0.25) is 0 Å². The Balaban J connectivity index is 1.45. The first-order chi connectivity index (χ1) is 13.9. The molecule has 0 saturated heterocycles. The summed E-state index contributed by atoms with van der Waals surface area (Å²) in [5.74, 6) is 3.32. The maximum Gasteiger partial charge on any atom is 0.0809 e. The normalized spacial score (nSPS) is 45.7. The highest BCUT2D eigenvalue weighted by atomic mass is 16.3. The lowest BCUT2D eigenvalue weighted by Crippen LogP contribution is -2.53. The van der Waals surface area contributed by atoms with Crippen LogP contribution in [-0.4, -0.2) is 21.0 Å². The molecule has 4 aliphatic carbocycles. The monoisotopic (exact) mass is 396 g/mol. The minimum atomic E-state index is -0.283. The van der Waals surface area contributed by atoms with Gasteiger partial charge in [-0.05, 0) is 99.5 Å². The van der Waals surface area contributed by atoms with Crippen LogP contribution in [0, 0.1) is 41.4 Å². The van der Waals surface area contributed by atoms with Gasteiger partial charge in [0, 0.05) is 23.2 Å². The summed E-state index contributed by atoms with van der Waals surface area (Å²) < 4.78 is 2.06. The second-order valence-electron chi connectivity index (χ2n) is 11.3. The van der Waals surface area contributed by atoms with E-state index in [0.29, 0.717) is 11.3 Å². The molecule has 1 aromatic rings. The first kappa shape index (κ1) is 19.8. The van der Waals surface area contributed by atoms with Gasteiger partial charge in [0.2, 0.25) is 0 Å². The van der Waals surface area contributed by atoms with E-state index in [1.165, 1.54) is 68.2 Å². The summed E-state index contributed by atoms with van der Waals surface area (Å²) in [6.07, 6.45) is 16.3. The van der Waals surface area contributed by atoms with E-state index in [1.54, 1.807) is 0 Å². The third-order valence-corrected chi connectivity index (χ3v) is 10.2. The zero-order chi connectivity index (χ0) is 20.4. The van der Waals surface area contributed by atoms with Crippen LogP contribution in [0.15, 0.2) is 11.8 Å². The summed E-state index contributed by atoms with van der Waals surface area (Å²) in [5.41, 5.74) is 4.33. The number of nitrogens with zero attached hydrogens (tertiary/aromatic N) is 2. The zero-order valence-electron chi connectivity index (χ0n) is 19.0. The Morgan fingerprint density at radius 2 is 1.93 bits per heavy atom. The molecule has 3 nitrogen and oxygen atoms in total. The van der Waals surface area contributed by atoms with Crippen LogP contribution in [0.5, 0.6) is 0 Å². The average Bonchev–Trinajstić information content (AvgIpc) is 3.19. The van der Waals surface area contributed by atoms with Crippen molar-refractivity contribution in [3.8, 4) is 0 Å². The number of aromatic nitrogens is 2. The summed E-state index contributed by atoms with van der Waals surface area (Å²) in [4.78, 5) is 0. The van der Waals surface area contributed by atoms with E-state index in [-0.39, 0.29) is 11.5 Å². The Hall–Kier alpha value is -1.09. The fraction of sp³-hybridized carbons (Fsp3) is 0.808. The summed E-state index contributed by atoms with van der Waals surface area (Å²) in [7, 11) is 0. The van der Waals surface area contributed by atoms with Crippen LogP contribution in [0.25, 0.3) is 6.08 Å².